The first-order valence-electron chi connectivity index (χ1n) is 4.29. The van der Waals surface area contributed by atoms with Gasteiger partial charge in [0.25, 0.3) is 0 Å². The predicted molar refractivity (Wildman–Crippen MR) is 43.6 cm³/mol. The number of nitrogens with two attached hydrogens (primary N) is 1. The van der Waals surface area contributed by atoms with Crippen molar-refractivity contribution >= 4 is 5.97 Å². The summed E-state index contributed by atoms with van der Waals surface area (Å²) in [5.74, 6) is -1.27. The van der Waals surface area contributed by atoms with Crippen LogP contribution < -0.4 is 5.73 Å². The molecule has 1 fully saturated rings. The summed E-state index contributed by atoms with van der Waals surface area (Å²) in [5.41, 5.74) is 5.42. The Morgan fingerprint density at radius 3 is 2.50 bits per heavy atom. The van der Waals surface area contributed by atoms with Crippen LogP contribution in [0.1, 0.15) is 25.7 Å². The van der Waals surface area contributed by atoms with E-state index in [0.29, 0.717) is 6.42 Å². The number of hydrogen-bond donors (Lipinski definition) is 3. The van der Waals surface area contributed by atoms with Crippen LogP contribution in [0.25, 0.3) is 0 Å². The molecule has 4 N–H and O–H groups in total. The molecular weight excluding hydrogens is 158 g/mol. The van der Waals surface area contributed by atoms with Crippen molar-refractivity contribution in [1.82, 2.24) is 0 Å². The van der Waals surface area contributed by atoms with Gasteiger partial charge in [0.15, 0.2) is 0 Å². The van der Waals surface area contributed by atoms with Crippen molar-refractivity contribution in [1.29, 1.82) is 0 Å². The molecule has 0 aromatic rings. The lowest BCUT2D eigenvalue weighted by atomic mass is 9.82. The highest BCUT2D eigenvalue weighted by Crippen LogP contribution is 2.26. The van der Waals surface area contributed by atoms with Crippen molar-refractivity contribution < 1.29 is 15.0 Å². The predicted octanol–water partition coefficient (Wildman–Crippen LogP) is -0.0506. The Hall–Kier alpha value is -0.610. The fraction of sp³-hybridized carbons (Fsp3) is 0.875. The molecule has 0 radical (unpaired) electrons. The number of rotatable bonds is 2. The van der Waals surface area contributed by atoms with E-state index in [4.69, 9.17) is 10.8 Å². The van der Waals surface area contributed by atoms with Crippen molar-refractivity contribution in [2.75, 3.05) is 0 Å². The molecule has 3 atom stereocenters. The van der Waals surface area contributed by atoms with Crippen LogP contribution in [0.3, 0.4) is 0 Å². The number of carboxylic acid groups (broad SMARTS) is 1. The summed E-state index contributed by atoms with van der Waals surface area (Å²) in [6.07, 6.45) is 2.84. The molecule has 0 aromatic heterocycles. The molecular formula is C8H15NO3. The highest BCUT2D eigenvalue weighted by molar-refractivity contribution is 5.73. The molecule has 0 aromatic carbocycles. The molecule has 70 valence electrons. The standard InChI is InChI=1S/C8H15NO3/c9-7(8(11)12)5-3-1-2-4-6(5)10/h5-7,10H,1-4,9H2,(H,11,12)/t5?,6-,7-/m1/s1. The first-order valence-corrected chi connectivity index (χ1v) is 4.29. The lowest BCUT2D eigenvalue weighted by Crippen LogP contribution is -2.45. The van der Waals surface area contributed by atoms with Gasteiger partial charge < -0.3 is 15.9 Å². The average Bonchev–Trinajstić information content (AvgIpc) is 2.04. The molecule has 1 aliphatic rings. The zero-order chi connectivity index (χ0) is 9.14. The molecule has 0 bridgehead atoms. The average molecular weight is 173 g/mol. The summed E-state index contributed by atoms with van der Waals surface area (Å²) in [7, 11) is 0. The third-order valence-electron chi connectivity index (χ3n) is 2.53. The minimum atomic E-state index is -1.01. The SMILES string of the molecule is N[C@@H](C(=O)O)C1CCCC[C@H]1O. The van der Waals surface area contributed by atoms with Crippen LogP contribution in [0.15, 0.2) is 0 Å². The first-order chi connectivity index (χ1) is 5.63. The third kappa shape index (κ3) is 1.95. The first kappa shape index (κ1) is 9.48. The molecule has 12 heavy (non-hydrogen) atoms. The van der Waals surface area contributed by atoms with E-state index in [-0.39, 0.29) is 5.92 Å². The number of carbonyl (C=O) groups is 1. The minimum Gasteiger partial charge on any atom is -0.480 e. The van der Waals surface area contributed by atoms with E-state index in [9.17, 15) is 9.90 Å². The summed E-state index contributed by atoms with van der Waals surface area (Å²) in [4.78, 5) is 10.5. The molecule has 1 saturated carbocycles. The zero-order valence-electron chi connectivity index (χ0n) is 6.94. The van der Waals surface area contributed by atoms with Crippen LogP contribution in [0.4, 0.5) is 0 Å². The van der Waals surface area contributed by atoms with E-state index in [2.05, 4.69) is 0 Å². The Morgan fingerprint density at radius 1 is 1.42 bits per heavy atom. The van der Waals surface area contributed by atoms with Crippen molar-refractivity contribution in [3.8, 4) is 0 Å². The maximum atomic E-state index is 10.5. The molecule has 0 amide bonds. The van der Waals surface area contributed by atoms with Crippen LogP contribution in [0.5, 0.6) is 0 Å². The van der Waals surface area contributed by atoms with Gasteiger partial charge in [0, 0.05) is 5.92 Å². The second kappa shape index (κ2) is 3.87. The Morgan fingerprint density at radius 2 is 2.00 bits per heavy atom. The van der Waals surface area contributed by atoms with E-state index in [1.165, 1.54) is 0 Å². The zero-order valence-corrected chi connectivity index (χ0v) is 6.94. The lowest BCUT2D eigenvalue weighted by Gasteiger charge is -2.29. The molecule has 1 unspecified atom stereocenters. The Labute approximate surface area is 71.4 Å². The monoisotopic (exact) mass is 173 g/mol. The van der Waals surface area contributed by atoms with Gasteiger partial charge in [-0.15, -0.1) is 0 Å². The van der Waals surface area contributed by atoms with Gasteiger partial charge in [-0.2, -0.15) is 0 Å². The van der Waals surface area contributed by atoms with Crippen LogP contribution in [0.2, 0.25) is 0 Å². The Bertz CT molecular complexity index is 172. The lowest BCUT2D eigenvalue weighted by molar-refractivity contribution is -0.141. The maximum absolute atomic E-state index is 10.5. The summed E-state index contributed by atoms with van der Waals surface area (Å²) in [6.45, 7) is 0. The summed E-state index contributed by atoms with van der Waals surface area (Å²) in [6, 6.07) is -0.903. The van der Waals surface area contributed by atoms with Gasteiger partial charge >= 0.3 is 5.97 Å². The quantitative estimate of drug-likeness (QED) is 0.546. The van der Waals surface area contributed by atoms with Gasteiger partial charge in [0.2, 0.25) is 0 Å². The minimum absolute atomic E-state index is 0.253. The van der Waals surface area contributed by atoms with Crippen molar-refractivity contribution in [3.63, 3.8) is 0 Å². The number of carboxylic acids is 1. The molecule has 4 nitrogen and oxygen atoms in total. The van der Waals surface area contributed by atoms with Crippen LogP contribution >= 0.6 is 0 Å². The number of hydrogen-bond acceptors (Lipinski definition) is 3. The van der Waals surface area contributed by atoms with E-state index >= 15 is 0 Å². The van der Waals surface area contributed by atoms with Crippen molar-refractivity contribution in [2.45, 2.75) is 37.8 Å². The Balaban J connectivity index is 2.53. The van der Waals surface area contributed by atoms with Gasteiger partial charge in [0.05, 0.1) is 6.10 Å². The maximum Gasteiger partial charge on any atom is 0.320 e. The second-order valence-corrected chi connectivity index (χ2v) is 3.38. The fourth-order valence-corrected chi connectivity index (χ4v) is 1.74. The summed E-state index contributed by atoms with van der Waals surface area (Å²) in [5, 5.41) is 18.1. The molecule has 0 spiro atoms. The van der Waals surface area contributed by atoms with E-state index in [1.807, 2.05) is 0 Å². The summed E-state index contributed by atoms with van der Waals surface area (Å²) >= 11 is 0. The van der Waals surface area contributed by atoms with Gasteiger partial charge in [-0.1, -0.05) is 12.8 Å². The number of aliphatic carboxylic acids is 1. The highest BCUT2D eigenvalue weighted by Gasteiger charge is 2.32. The smallest absolute Gasteiger partial charge is 0.320 e. The fourth-order valence-electron chi connectivity index (χ4n) is 1.74. The molecule has 0 saturated heterocycles. The van der Waals surface area contributed by atoms with Crippen LogP contribution in [-0.2, 0) is 4.79 Å². The van der Waals surface area contributed by atoms with E-state index in [1.54, 1.807) is 0 Å². The summed E-state index contributed by atoms with van der Waals surface area (Å²) < 4.78 is 0. The molecule has 0 heterocycles. The molecule has 1 rings (SSSR count). The van der Waals surface area contributed by atoms with Crippen molar-refractivity contribution in [2.24, 2.45) is 11.7 Å². The largest absolute Gasteiger partial charge is 0.480 e. The van der Waals surface area contributed by atoms with Gasteiger partial charge in [-0.25, -0.2) is 0 Å². The topological polar surface area (TPSA) is 83.6 Å². The number of aliphatic hydroxyl groups excluding tert-OH is 1. The van der Waals surface area contributed by atoms with Gasteiger partial charge in [-0.05, 0) is 12.8 Å². The normalized spacial score (nSPS) is 32.8. The van der Waals surface area contributed by atoms with Crippen molar-refractivity contribution in [3.05, 3.63) is 0 Å². The van der Waals surface area contributed by atoms with Gasteiger partial charge in [-0.3, -0.25) is 4.79 Å². The molecule has 0 aliphatic heterocycles. The van der Waals surface area contributed by atoms with Crippen LogP contribution in [0, 0.1) is 5.92 Å². The molecule has 1 aliphatic carbocycles. The van der Waals surface area contributed by atoms with Crippen LogP contribution in [-0.4, -0.2) is 28.3 Å². The number of aliphatic hydroxyl groups is 1. The van der Waals surface area contributed by atoms with E-state index < -0.39 is 18.1 Å². The third-order valence-corrected chi connectivity index (χ3v) is 2.53. The van der Waals surface area contributed by atoms with Gasteiger partial charge in [0.1, 0.15) is 6.04 Å². The second-order valence-electron chi connectivity index (χ2n) is 3.38. The Kier molecular flexibility index (Phi) is 3.05. The highest BCUT2D eigenvalue weighted by atomic mass is 16.4. The van der Waals surface area contributed by atoms with E-state index in [0.717, 1.165) is 19.3 Å². The molecule has 4 heteroatoms.